The molecule has 0 fully saturated rings. The van der Waals surface area contributed by atoms with Crippen LogP contribution < -0.4 is 15.9 Å². The van der Waals surface area contributed by atoms with Crippen LogP contribution in [-0.2, 0) is 6.42 Å². The maximum absolute atomic E-state index is 8.83. The summed E-state index contributed by atoms with van der Waals surface area (Å²) in [6.45, 7) is 0. The first-order valence-electron chi connectivity index (χ1n) is 8.25. The Morgan fingerprint density at radius 3 is 1.80 bits per heavy atom. The molecule has 3 heteroatoms. The van der Waals surface area contributed by atoms with E-state index in [2.05, 4.69) is 91.0 Å². The predicted molar refractivity (Wildman–Crippen MR) is 111 cm³/mol. The van der Waals surface area contributed by atoms with Crippen molar-refractivity contribution in [2.45, 2.75) is 19.3 Å². The second-order valence-corrected chi connectivity index (χ2v) is 7.83. The molecule has 0 heterocycles. The fraction of sp³-hybridized carbons (Fsp3) is 0.136. The first-order valence-corrected chi connectivity index (χ1v) is 9.59. The Hall–Kier alpha value is -2.13. The van der Waals surface area contributed by atoms with Gasteiger partial charge in [0.2, 0.25) is 0 Å². The van der Waals surface area contributed by atoms with E-state index in [1.807, 2.05) is 0 Å². The molecule has 0 aromatic heterocycles. The van der Waals surface area contributed by atoms with Gasteiger partial charge >= 0.3 is 0 Å². The Kier molecular flexibility index (Phi) is 7.68. The molecule has 1 nitrogen and oxygen atoms in total. The standard InChI is InChI=1S/C22H20NP.ClH/c23-18-10-9-12-19-11-7-8-17-22(19)24(20-13-3-1-4-14-20)21-15-5-2-6-16-21;/h1-8,11,13-17H,9-10,12H2;1H. The molecule has 3 aromatic rings. The Labute approximate surface area is 157 Å². The average molecular weight is 366 g/mol. The highest BCUT2D eigenvalue weighted by Crippen LogP contribution is 2.34. The maximum Gasteiger partial charge on any atom is 0.0621 e. The summed E-state index contributed by atoms with van der Waals surface area (Å²) in [6.07, 6.45) is 2.49. The predicted octanol–water partition coefficient (Wildman–Crippen LogP) is 4.71. The van der Waals surface area contributed by atoms with Crippen LogP contribution >= 0.6 is 20.3 Å². The lowest BCUT2D eigenvalue weighted by Gasteiger charge is -2.22. The number of aryl methyl sites for hydroxylation is 1. The van der Waals surface area contributed by atoms with Crippen LogP contribution in [-0.4, -0.2) is 0 Å². The molecule has 0 unspecified atom stereocenters. The summed E-state index contributed by atoms with van der Waals surface area (Å²) in [6, 6.07) is 32.5. The highest BCUT2D eigenvalue weighted by molar-refractivity contribution is 7.79. The molecule has 0 saturated heterocycles. The van der Waals surface area contributed by atoms with Gasteiger partial charge in [-0.2, -0.15) is 5.26 Å². The number of halogens is 1. The van der Waals surface area contributed by atoms with Gasteiger partial charge in [-0.05, 0) is 42.2 Å². The van der Waals surface area contributed by atoms with Gasteiger partial charge in [-0.25, -0.2) is 0 Å². The summed E-state index contributed by atoms with van der Waals surface area (Å²) in [5, 5.41) is 13.0. The highest BCUT2D eigenvalue weighted by atomic mass is 35.5. The van der Waals surface area contributed by atoms with E-state index in [4.69, 9.17) is 5.26 Å². The van der Waals surface area contributed by atoms with Crippen molar-refractivity contribution in [1.29, 1.82) is 5.26 Å². The molecule has 0 radical (unpaired) electrons. The molecule has 0 bridgehead atoms. The van der Waals surface area contributed by atoms with Crippen molar-refractivity contribution < 1.29 is 0 Å². The van der Waals surface area contributed by atoms with E-state index < -0.39 is 7.92 Å². The summed E-state index contributed by atoms with van der Waals surface area (Å²) in [7, 11) is -0.571. The largest absolute Gasteiger partial charge is 0.198 e. The van der Waals surface area contributed by atoms with E-state index >= 15 is 0 Å². The van der Waals surface area contributed by atoms with Crippen LogP contribution in [0.15, 0.2) is 84.9 Å². The number of nitrogens with zero attached hydrogens (tertiary/aromatic N) is 1. The first-order chi connectivity index (χ1) is 11.9. The summed E-state index contributed by atoms with van der Waals surface area (Å²) in [5.41, 5.74) is 1.37. The fourth-order valence-electron chi connectivity index (χ4n) is 2.88. The van der Waals surface area contributed by atoms with Crippen LogP contribution in [0.1, 0.15) is 18.4 Å². The molecule has 3 aromatic carbocycles. The molecule has 25 heavy (non-hydrogen) atoms. The number of hydrogen-bond acceptors (Lipinski definition) is 1. The van der Waals surface area contributed by atoms with E-state index in [-0.39, 0.29) is 12.4 Å². The molecule has 0 spiro atoms. The zero-order chi connectivity index (χ0) is 16.6. The van der Waals surface area contributed by atoms with E-state index in [0.29, 0.717) is 6.42 Å². The fourth-order valence-corrected chi connectivity index (χ4v) is 5.38. The van der Waals surface area contributed by atoms with Gasteiger partial charge in [-0.1, -0.05) is 84.9 Å². The van der Waals surface area contributed by atoms with E-state index in [9.17, 15) is 0 Å². The van der Waals surface area contributed by atoms with Crippen LogP contribution in [0.2, 0.25) is 0 Å². The second-order valence-electron chi connectivity index (χ2n) is 5.65. The Morgan fingerprint density at radius 1 is 0.720 bits per heavy atom. The van der Waals surface area contributed by atoms with E-state index in [0.717, 1.165) is 12.8 Å². The van der Waals surface area contributed by atoms with Gasteiger partial charge < -0.3 is 0 Å². The molecular weight excluding hydrogens is 345 g/mol. The van der Waals surface area contributed by atoms with Gasteiger partial charge in [0.1, 0.15) is 0 Å². The zero-order valence-electron chi connectivity index (χ0n) is 14.0. The smallest absolute Gasteiger partial charge is 0.0621 e. The topological polar surface area (TPSA) is 23.8 Å². The molecule has 0 aliphatic carbocycles. The lowest BCUT2D eigenvalue weighted by molar-refractivity contribution is 0.854. The van der Waals surface area contributed by atoms with Crippen molar-refractivity contribution in [2.24, 2.45) is 0 Å². The minimum atomic E-state index is -0.571. The number of benzene rings is 3. The molecular formula is C22H21ClNP. The Bertz CT molecular complexity index is 773. The van der Waals surface area contributed by atoms with Crippen LogP contribution in [0.5, 0.6) is 0 Å². The molecule has 0 aliphatic rings. The average Bonchev–Trinajstić information content (AvgIpc) is 2.65. The minimum absolute atomic E-state index is 0. The van der Waals surface area contributed by atoms with Crippen molar-refractivity contribution in [3.63, 3.8) is 0 Å². The van der Waals surface area contributed by atoms with Crippen LogP contribution in [0.4, 0.5) is 0 Å². The molecule has 0 atom stereocenters. The molecule has 3 rings (SSSR count). The highest BCUT2D eigenvalue weighted by Gasteiger charge is 2.18. The third-order valence-corrected chi connectivity index (χ3v) is 6.54. The van der Waals surface area contributed by atoms with Gasteiger partial charge in [0, 0.05) is 6.42 Å². The van der Waals surface area contributed by atoms with Gasteiger partial charge in [-0.3, -0.25) is 0 Å². The minimum Gasteiger partial charge on any atom is -0.198 e. The van der Waals surface area contributed by atoms with Gasteiger partial charge in [0.25, 0.3) is 0 Å². The van der Waals surface area contributed by atoms with Crippen molar-refractivity contribution in [1.82, 2.24) is 0 Å². The third-order valence-electron chi connectivity index (χ3n) is 4.00. The lowest BCUT2D eigenvalue weighted by Crippen LogP contribution is -2.23. The van der Waals surface area contributed by atoms with E-state index in [1.165, 1.54) is 21.5 Å². The molecule has 0 N–H and O–H groups in total. The van der Waals surface area contributed by atoms with Crippen LogP contribution in [0, 0.1) is 11.3 Å². The number of rotatable bonds is 6. The lowest BCUT2D eigenvalue weighted by atomic mass is 10.1. The maximum atomic E-state index is 8.83. The molecule has 126 valence electrons. The number of nitriles is 1. The molecule has 0 aliphatic heterocycles. The van der Waals surface area contributed by atoms with Crippen molar-refractivity contribution in [2.75, 3.05) is 0 Å². The summed E-state index contributed by atoms with van der Waals surface area (Å²) >= 11 is 0. The van der Waals surface area contributed by atoms with Crippen LogP contribution in [0.25, 0.3) is 0 Å². The molecule has 0 amide bonds. The van der Waals surface area contributed by atoms with Crippen molar-refractivity contribution in [3.8, 4) is 6.07 Å². The zero-order valence-corrected chi connectivity index (χ0v) is 15.7. The summed E-state index contributed by atoms with van der Waals surface area (Å²) < 4.78 is 0. The SMILES string of the molecule is Cl.N#CCCCc1ccccc1P(c1ccccc1)c1ccccc1. The third kappa shape index (κ3) is 4.93. The van der Waals surface area contributed by atoms with Crippen LogP contribution in [0.3, 0.4) is 0 Å². The number of hydrogen-bond donors (Lipinski definition) is 0. The van der Waals surface area contributed by atoms with Crippen molar-refractivity contribution >= 4 is 36.2 Å². The quantitative estimate of drug-likeness (QED) is 0.458. The Morgan fingerprint density at radius 2 is 1.24 bits per heavy atom. The first kappa shape index (κ1) is 19.2. The normalized spacial score (nSPS) is 10.1. The summed E-state index contributed by atoms with van der Waals surface area (Å²) in [4.78, 5) is 0. The number of unbranched alkanes of at least 4 members (excludes halogenated alkanes) is 1. The van der Waals surface area contributed by atoms with Gasteiger partial charge in [-0.15, -0.1) is 12.4 Å². The van der Waals surface area contributed by atoms with Crippen molar-refractivity contribution in [3.05, 3.63) is 90.5 Å². The van der Waals surface area contributed by atoms with Gasteiger partial charge in [0.15, 0.2) is 0 Å². The van der Waals surface area contributed by atoms with E-state index in [1.54, 1.807) is 0 Å². The van der Waals surface area contributed by atoms with Gasteiger partial charge in [0.05, 0.1) is 6.07 Å². The second kappa shape index (κ2) is 10.00. The molecule has 0 saturated carbocycles. The summed E-state index contributed by atoms with van der Waals surface area (Å²) in [5.74, 6) is 0. The monoisotopic (exact) mass is 365 g/mol. The Balaban J connectivity index is 0.00000225.